The number of halogens is 2. The molecule has 4 heteroatoms. The molecule has 2 unspecified atom stereocenters. The van der Waals surface area contributed by atoms with Crippen LogP contribution in [-0.2, 0) is 0 Å². The Kier molecular flexibility index (Phi) is 3.77. The lowest BCUT2D eigenvalue weighted by atomic mass is 10.1. The highest BCUT2D eigenvalue weighted by atomic mass is 19.2. The van der Waals surface area contributed by atoms with Crippen molar-refractivity contribution in [2.75, 3.05) is 0 Å². The van der Waals surface area contributed by atoms with Gasteiger partial charge in [0.2, 0.25) is 0 Å². The van der Waals surface area contributed by atoms with Crippen molar-refractivity contribution < 1.29 is 13.2 Å². The summed E-state index contributed by atoms with van der Waals surface area (Å²) in [5.74, 6) is -0.866. The van der Waals surface area contributed by atoms with Crippen molar-refractivity contribution in [3.05, 3.63) is 59.6 Å². The molecule has 0 radical (unpaired) electrons. The van der Waals surface area contributed by atoms with E-state index in [1.54, 1.807) is 25.3 Å². The number of rotatable bonds is 4. The fourth-order valence-corrected chi connectivity index (χ4v) is 1.94. The maximum atomic E-state index is 13.6. The van der Waals surface area contributed by atoms with Gasteiger partial charge in [-0.05, 0) is 32.0 Å². The number of nitrogens with one attached hydrogen (secondary N) is 1. The standard InChI is InChI=1S/C14H15F2NO/c1-9(11-5-3-6-12(15)14(11)16)17-10(2)13-7-4-8-18-13/h3-10,17H,1-2H3. The molecule has 0 saturated heterocycles. The van der Waals surface area contributed by atoms with Crippen molar-refractivity contribution >= 4 is 0 Å². The summed E-state index contributed by atoms with van der Waals surface area (Å²) in [6.45, 7) is 3.70. The van der Waals surface area contributed by atoms with Crippen molar-refractivity contribution in [3.8, 4) is 0 Å². The highest BCUT2D eigenvalue weighted by molar-refractivity contribution is 5.22. The molecule has 0 aliphatic rings. The maximum Gasteiger partial charge on any atom is 0.163 e. The summed E-state index contributed by atoms with van der Waals surface area (Å²) in [5, 5.41) is 3.17. The van der Waals surface area contributed by atoms with Crippen molar-refractivity contribution in [1.29, 1.82) is 0 Å². The van der Waals surface area contributed by atoms with Crippen LogP contribution < -0.4 is 5.32 Å². The van der Waals surface area contributed by atoms with Gasteiger partial charge in [-0.1, -0.05) is 12.1 Å². The first-order valence-electron chi connectivity index (χ1n) is 5.83. The maximum absolute atomic E-state index is 13.6. The molecule has 0 amide bonds. The van der Waals surface area contributed by atoms with Crippen LogP contribution in [0.4, 0.5) is 8.78 Å². The zero-order valence-electron chi connectivity index (χ0n) is 10.3. The Balaban J connectivity index is 2.12. The lowest BCUT2D eigenvalue weighted by Crippen LogP contribution is -2.23. The molecule has 2 atom stereocenters. The normalized spacial score (nSPS) is 14.4. The van der Waals surface area contributed by atoms with E-state index in [-0.39, 0.29) is 12.1 Å². The Morgan fingerprint density at radius 2 is 1.83 bits per heavy atom. The molecule has 2 rings (SSSR count). The molecule has 1 aromatic carbocycles. The fraction of sp³-hybridized carbons (Fsp3) is 0.286. The van der Waals surface area contributed by atoms with E-state index in [0.29, 0.717) is 5.56 Å². The molecule has 2 nitrogen and oxygen atoms in total. The Labute approximate surface area is 105 Å². The summed E-state index contributed by atoms with van der Waals surface area (Å²) in [6.07, 6.45) is 1.58. The van der Waals surface area contributed by atoms with E-state index in [0.717, 1.165) is 11.8 Å². The monoisotopic (exact) mass is 251 g/mol. The molecule has 1 heterocycles. The zero-order valence-corrected chi connectivity index (χ0v) is 10.3. The summed E-state index contributed by atoms with van der Waals surface area (Å²) < 4.78 is 32.0. The molecule has 1 N–H and O–H groups in total. The second-order valence-electron chi connectivity index (χ2n) is 4.27. The van der Waals surface area contributed by atoms with E-state index >= 15 is 0 Å². The van der Waals surface area contributed by atoms with Gasteiger partial charge in [0.15, 0.2) is 11.6 Å². The summed E-state index contributed by atoms with van der Waals surface area (Å²) in [5.41, 5.74) is 0.313. The SMILES string of the molecule is CC(NC(C)c1cccc(F)c1F)c1ccco1. The van der Waals surface area contributed by atoms with Crippen LogP contribution in [0.5, 0.6) is 0 Å². The molecule has 18 heavy (non-hydrogen) atoms. The van der Waals surface area contributed by atoms with Crippen molar-refractivity contribution in [1.82, 2.24) is 5.32 Å². The first-order chi connectivity index (χ1) is 8.59. The largest absolute Gasteiger partial charge is 0.468 e. The van der Waals surface area contributed by atoms with E-state index in [1.165, 1.54) is 6.07 Å². The van der Waals surface area contributed by atoms with Crippen LogP contribution in [-0.4, -0.2) is 0 Å². The smallest absolute Gasteiger partial charge is 0.163 e. The van der Waals surface area contributed by atoms with Gasteiger partial charge in [0.1, 0.15) is 5.76 Å². The average molecular weight is 251 g/mol. The van der Waals surface area contributed by atoms with E-state index < -0.39 is 11.6 Å². The summed E-state index contributed by atoms with van der Waals surface area (Å²) >= 11 is 0. The molecule has 1 aromatic heterocycles. The minimum Gasteiger partial charge on any atom is -0.468 e. The van der Waals surface area contributed by atoms with Gasteiger partial charge in [-0.25, -0.2) is 8.78 Å². The number of furan rings is 1. The van der Waals surface area contributed by atoms with Crippen LogP contribution in [0.25, 0.3) is 0 Å². The van der Waals surface area contributed by atoms with E-state index in [4.69, 9.17) is 4.42 Å². The summed E-state index contributed by atoms with van der Waals surface area (Å²) in [7, 11) is 0. The molecule has 0 aliphatic heterocycles. The topological polar surface area (TPSA) is 25.2 Å². The summed E-state index contributed by atoms with van der Waals surface area (Å²) in [4.78, 5) is 0. The van der Waals surface area contributed by atoms with Gasteiger partial charge < -0.3 is 9.73 Å². The van der Waals surface area contributed by atoms with Crippen LogP contribution in [0.2, 0.25) is 0 Å². The lowest BCUT2D eigenvalue weighted by Gasteiger charge is -2.19. The molecule has 0 fully saturated rings. The van der Waals surface area contributed by atoms with E-state index in [1.807, 2.05) is 13.0 Å². The van der Waals surface area contributed by atoms with Crippen molar-refractivity contribution in [2.45, 2.75) is 25.9 Å². The first-order valence-corrected chi connectivity index (χ1v) is 5.83. The highest BCUT2D eigenvalue weighted by Crippen LogP contribution is 2.22. The number of benzene rings is 1. The molecule has 0 saturated carbocycles. The zero-order chi connectivity index (χ0) is 13.1. The van der Waals surface area contributed by atoms with Gasteiger partial charge in [-0.2, -0.15) is 0 Å². The third kappa shape index (κ3) is 2.59. The minimum atomic E-state index is -0.827. The lowest BCUT2D eigenvalue weighted by molar-refractivity contribution is 0.393. The number of hydrogen-bond donors (Lipinski definition) is 1. The van der Waals surface area contributed by atoms with Gasteiger partial charge in [-0.15, -0.1) is 0 Å². The van der Waals surface area contributed by atoms with Crippen LogP contribution in [0.15, 0.2) is 41.0 Å². The predicted molar refractivity (Wildman–Crippen MR) is 65.0 cm³/mol. The van der Waals surface area contributed by atoms with Gasteiger partial charge in [-0.3, -0.25) is 0 Å². The Hall–Kier alpha value is -1.68. The molecular formula is C14H15F2NO. The molecule has 0 spiro atoms. The Bertz CT molecular complexity index is 511. The molecular weight excluding hydrogens is 236 g/mol. The van der Waals surface area contributed by atoms with Gasteiger partial charge >= 0.3 is 0 Å². The Morgan fingerprint density at radius 1 is 1.06 bits per heavy atom. The van der Waals surface area contributed by atoms with Gasteiger partial charge in [0.25, 0.3) is 0 Å². The van der Waals surface area contributed by atoms with E-state index in [2.05, 4.69) is 5.32 Å². The quantitative estimate of drug-likeness (QED) is 0.889. The van der Waals surface area contributed by atoms with Crippen LogP contribution >= 0.6 is 0 Å². The van der Waals surface area contributed by atoms with Gasteiger partial charge in [0.05, 0.1) is 12.3 Å². The molecule has 0 bridgehead atoms. The molecule has 0 aliphatic carbocycles. The third-order valence-corrected chi connectivity index (χ3v) is 2.92. The highest BCUT2D eigenvalue weighted by Gasteiger charge is 2.17. The number of hydrogen-bond acceptors (Lipinski definition) is 2. The fourth-order valence-electron chi connectivity index (χ4n) is 1.94. The van der Waals surface area contributed by atoms with Crippen LogP contribution in [0, 0.1) is 11.6 Å². The van der Waals surface area contributed by atoms with Crippen molar-refractivity contribution in [3.63, 3.8) is 0 Å². The molecule has 96 valence electrons. The summed E-state index contributed by atoms with van der Waals surface area (Å²) in [6, 6.07) is 7.45. The Morgan fingerprint density at radius 3 is 2.50 bits per heavy atom. The van der Waals surface area contributed by atoms with Crippen molar-refractivity contribution in [2.24, 2.45) is 0 Å². The minimum absolute atomic E-state index is 0.0716. The van der Waals surface area contributed by atoms with Crippen LogP contribution in [0.3, 0.4) is 0 Å². The average Bonchev–Trinajstić information content (AvgIpc) is 2.86. The second kappa shape index (κ2) is 5.31. The molecule has 2 aromatic rings. The van der Waals surface area contributed by atoms with Gasteiger partial charge in [0, 0.05) is 11.6 Å². The van der Waals surface area contributed by atoms with Crippen LogP contribution in [0.1, 0.15) is 37.3 Å². The third-order valence-electron chi connectivity index (χ3n) is 2.92. The predicted octanol–water partition coefficient (Wildman–Crippen LogP) is 3.97. The first kappa shape index (κ1) is 12.8. The second-order valence-corrected chi connectivity index (χ2v) is 4.27. The van der Waals surface area contributed by atoms with E-state index in [9.17, 15) is 8.78 Å².